The Labute approximate surface area is 140 Å². The van der Waals surface area contributed by atoms with E-state index in [9.17, 15) is 9.59 Å². The van der Waals surface area contributed by atoms with E-state index >= 15 is 0 Å². The van der Waals surface area contributed by atoms with E-state index < -0.39 is 5.91 Å². The Morgan fingerprint density at radius 2 is 2.09 bits per heavy atom. The van der Waals surface area contributed by atoms with Gasteiger partial charge in [0.2, 0.25) is 0 Å². The predicted molar refractivity (Wildman–Crippen MR) is 86.9 cm³/mol. The Morgan fingerprint density at radius 1 is 1.35 bits per heavy atom. The van der Waals surface area contributed by atoms with Crippen LogP contribution in [0.3, 0.4) is 0 Å². The van der Waals surface area contributed by atoms with Gasteiger partial charge < -0.3 is 19.4 Å². The first-order valence-electron chi connectivity index (χ1n) is 7.02. The van der Waals surface area contributed by atoms with Crippen molar-refractivity contribution in [2.45, 2.75) is 0 Å². The van der Waals surface area contributed by atoms with E-state index in [0.717, 1.165) is 0 Å². The maximum atomic E-state index is 12.4. The van der Waals surface area contributed by atoms with Crippen LogP contribution >= 0.6 is 15.9 Å². The zero-order valence-corrected chi connectivity index (χ0v) is 14.0. The summed E-state index contributed by atoms with van der Waals surface area (Å²) in [7, 11) is 1.57. The zero-order valence-electron chi connectivity index (χ0n) is 12.4. The molecule has 23 heavy (non-hydrogen) atoms. The van der Waals surface area contributed by atoms with E-state index in [1.54, 1.807) is 19.2 Å². The fourth-order valence-corrected chi connectivity index (χ4v) is 2.64. The summed E-state index contributed by atoms with van der Waals surface area (Å²) in [5, 5.41) is 6.67. The Kier molecular flexibility index (Phi) is 4.49. The summed E-state index contributed by atoms with van der Waals surface area (Å²) in [5.74, 6) is -0.300. The number of aryl methyl sites for hydroxylation is 1. The van der Waals surface area contributed by atoms with E-state index in [2.05, 4.69) is 26.3 Å². The average Bonchev–Trinajstić information content (AvgIpc) is 2.99. The number of hydrogen-bond acceptors (Lipinski definition) is 6. The highest BCUT2D eigenvalue weighted by Gasteiger charge is 2.22. The van der Waals surface area contributed by atoms with Crippen LogP contribution in [-0.4, -0.2) is 42.0 Å². The molecular formula is C14H15BrN4O4. The van der Waals surface area contributed by atoms with Gasteiger partial charge in [0.25, 0.3) is 11.5 Å². The second-order valence-electron chi connectivity index (χ2n) is 4.99. The maximum absolute atomic E-state index is 12.4. The average molecular weight is 383 g/mol. The van der Waals surface area contributed by atoms with Gasteiger partial charge in [-0.3, -0.25) is 9.59 Å². The molecule has 1 fully saturated rings. The number of carbonyl (C=O) groups is 1. The highest BCUT2D eigenvalue weighted by Crippen LogP contribution is 2.23. The molecule has 0 saturated carbocycles. The molecule has 8 nitrogen and oxygen atoms in total. The number of rotatable bonds is 3. The number of furan rings is 1. The molecule has 3 heterocycles. The van der Waals surface area contributed by atoms with Gasteiger partial charge in [-0.1, -0.05) is 0 Å². The zero-order chi connectivity index (χ0) is 16.4. The van der Waals surface area contributed by atoms with Crippen molar-refractivity contribution in [3.8, 4) is 0 Å². The molecule has 0 atom stereocenters. The number of ether oxygens (including phenoxy) is 1. The third-order valence-corrected chi connectivity index (χ3v) is 3.91. The fourth-order valence-electron chi connectivity index (χ4n) is 2.33. The van der Waals surface area contributed by atoms with E-state index in [-0.39, 0.29) is 11.3 Å². The van der Waals surface area contributed by atoms with Crippen molar-refractivity contribution < 1.29 is 13.9 Å². The smallest absolute Gasteiger partial charge is 0.292 e. The van der Waals surface area contributed by atoms with Gasteiger partial charge in [-0.2, -0.15) is 5.10 Å². The van der Waals surface area contributed by atoms with E-state index in [4.69, 9.17) is 9.15 Å². The monoisotopic (exact) mass is 382 g/mol. The number of amides is 1. The number of morpholine rings is 1. The number of carbonyl (C=O) groups excluding carboxylic acids is 1. The summed E-state index contributed by atoms with van der Waals surface area (Å²) in [6, 6.07) is 3.17. The largest absolute Gasteiger partial charge is 0.444 e. The van der Waals surface area contributed by atoms with Crippen molar-refractivity contribution in [3.05, 3.63) is 39.1 Å². The summed E-state index contributed by atoms with van der Waals surface area (Å²) in [4.78, 5) is 26.6. The van der Waals surface area contributed by atoms with Crippen molar-refractivity contribution in [2.75, 3.05) is 36.5 Å². The molecule has 9 heteroatoms. The number of anilines is 2. The quantitative estimate of drug-likeness (QED) is 0.858. The standard InChI is InChI=1S/C14H15BrN4O4/c1-18-14(21)12(19-4-6-22-7-5-19)9(8-16-18)17-13(20)10-2-3-11(15)23-10/h2-3,8H,4-7H2,1H3,(H,17,20). The van der Waals surface area contributed by atoms with Crippen molar-refractivity contribution in [2.24, 2.45) is 7.05 Å². The normalized spacial score (nSPS) is 14.8. The van der Waals surface area contributed by atoms with Gasteiger partial charge in [0.1, 0.15) is 5.69 Å². The van der Waals surface area contributed by atoms with Crippen molar-refractivity contribution in [1.82, 2.24) is 9.78 Å². The van der Waals surface area contributed by atoms with Gasteiger partial charge in [0, 0.05) is 20.1 Å². The predicted octanol–water partition coefficient (Wildman–Crippen LogP) is 1.22. The molecule has 1 aliphatic heterocycles. The number of hydrogen-bond donors (Lipinski definition) is 1. The highest BCUT2D eigenvalue weighted by atomic mass is 79.9. The van der Waals surface area contributed by atoms with E-state index in [1.165, 1.54) is 10.9 Å². The molecule has 0 aliphatic carbocycles. The molecule has 0 spiro atoms. The Balaban J connectivity index is 1.93. The van der Waals surface area contributed by atoms with Gasteiger partial charge in [0.05, 0.1) is 25.1 Å². The first-order valence-corrected chi connectivity index (χ1v) is 7.81. The molecule has 0 bridgehead atoms. The molecule has 0 radical (unpaired) electrons. The number of aromatic nitrogens is 2. The third-order valence-electron chi connectivity index (χ3n) is 3.48. The van der Waals surface area contributed by atoms with Gasteiger partial charge in [0.15, 0.2) is 10.4 Å². The van der Waals surface area contributed by atoms with Gasteiger partial charge in [-0.05, 0) is 28.1 Å². The van der Waals surface area contributed by atoms with E-state index in [1.807, 2.05) is 4.90 Å². The van der Waals surface area contributed by atoms with Crippen LogP contribution in [0.2, 0.25) is 0 Å². The minimum atomic E-state index is -0.444. The van der Waals surface area contributed by atoms with Crippen LogP contribution in [0.25, 0.3) is 0 Å². The Morgan fingerprint density at radius 3 is 2.74 bits per heavy atom. The first kappa shape index (κ1) is 15.8. The van der Waals surface area contributed by atoms with Crippen LogP contribution < -0.4 is 15.8 Å². The molecule has 2 aromatic heterocycles. The second-order valence-corrected chi connectivity index (χ2v) is 5.77. The molecule has 3 rings (SSSR count). The summed E-state index contributed by atoms with van der Waals surface area (Å²) >= 11 is 3.15. The van der Waals surface area contributed by atoms with Crippen LogP contribution in [0, 0.1) is 0 Å². The van der Waals surface area contributed by atoms with Crippen LogP contribution in [0.5, 0.6) is 0 Å². The van der Waals surface area contributed by atoms with Gasteiger partial charge >= 0.3 is 0 Å². The molecule has 2 aromatic rings. The Bertz CT molecular complexity index is 779. The van der Waals surface area contributed by atoms with Crippen LogP contribution in [0.1, 0.15) is 10.6 Å². The van der Waals surface area contributed by atoms with Gasteiger partial charge in [-0.15, -0.1) is 0 Å². The number of halogens is 1. The van der Waals surface area contributed by atoms with Crippen LogP contribution in [-0.2, 0) is 11.8 Å². The lowest BCUT2D eigenvalue weighted by Crippen LogP contribution is -2.41. The molecule has 1 aliphatic rings. The molecule has 0 aromatic carbocycles. The summed E-state index contributed by atoms with van der Waals surface area (Å²) < 4.78 is 12.2. The number of nitrogens with zero attached hydrogens (tertiary/aromatic N) is 3. The SMILES string of the molecule is Cn1ncc(NC(=O)c2ccc(Br)o2)c(N2CCOCC2)c1=O. The molecule has 122 valence electrons. The van der Waals surface area contributed by atoms with Crippen LogP contribution in [0.15, 0.2) is 32.2 Å². The lowest BCUT2D eigenvalue weighted by molar-refractivity contribution is 0.0995. The van der Waals surface area contributed by atoms with Gasteiger partial charge in [-0.25, -0.2) is 4.68 Å². The first-order chi connectivity index (χ1) is 11.1. The molecular weight excluding hydrogens is 368 g/mol. The maximum Gasteiger partial charge on any atom is 0.292 e. The third kappa shape index (κ3) is 3.30. The molecule has 1 saturated heterocycles. The Hall–Kier alpha value is -2.13. The van der Waals surface area contributed by atoms with Crippen molar-refractivity contribution in [3.63, 3.8) is 0 Å². The highest BCUT2D eigenvalue weighted by molar-refractivity contribution is 9.10. The lowest BCUT2D eigenvalue weighted by Gasteiger charge is -2.29. The minimum absolute atomic E-state index is 0.144. The minimum Gasteiger partial charge on any atom is -0.444 e. The van der Waals surface area contributed by atoms with E-state index in [0.29, 0.717) is 42.3 Å². The van der Waals surface area contributed by atoms with Crippen molar-refractivity contribution in [1.29, 1.82) is 0 Å². The molecule has 1 N–H and O–H groups in total. The second kappa shape index (κ2) is 6.55. The molecule has 0 unspecified atom stereocenters. The van der Waals surface area contributed by atoms with Crippen LogP contribution in [0.4, 0.5) is 11.4 Å². The summed E-state index contributed by atoms with van der Waals surface area (Å²) in [6.45, 7) is 2.22. The topological polar surface area (TPSA) is 89.6 Å². The lowest BCUT2D eigenvalue weighted by atomic mass is 10.3. The summed E-state index contributed by atoms with van der Waals surface area (Å²) in [6.07, 6.45) is 1.46. The fraction of sp³-hybridized carbons (Fsp3) is 0.357. The number of nitrogens with one attached hydrogen (secondary N) is 1. The summed E-state index contributed by atoms with van der Waals surface area (Å²) in [5.41, 5.74) is 0.489. The van der Waals surface area contributed by atoms with Crippen molar-refractivity contribution >= 4 is 33.2 Å². The molecule has 1 amide bonds.